The maximum atomic E-state index is 5.91. The molecule has 3 rings (SSSR count). The lowest BCUT2D eigenvalue weighted by Gasteiger charge is -2.35. The number of hydrogen-bond donors (Lipinski definition) is 0. The molecule has 110 valence electrons. The van der Waals surface area contributed by atoms with Gasteiger partial charge in [0.1, 0.15) is 5.82 Å². The molecule has 0 aromatic carbocycles. The highest BCUT2D eigenvalue weighted by Gasteiger charge is 2.36. The lowest BCUT2D eigenvalue weighted by Crippen LogP contribution is -2.44. The van der Waals surface area contributed by atoms with Crippen LogP contribution in [0.2, 0.25) is 0 Å². The zero-order valence-electron chi connectivity index (χ0n) is 12.9. The van der Waals surface area contributed by atoms with Gasteiger partial charge in [0.15, 0.2) is 0 Å². The van der Waals surface area contributed by atoms with Crippen molar-refractivity contribution in [3.05, 3.63) is 11.3 Å². The Hall–Kier alpha value is -1.36. The number of hydrogen-bond acceptors (Lipinski definition) is 5. The molecule has 1 aromatic rings. The van der Waals surface area contributed by atoms with Crippen LogP contribution in [0.3, 0.4) is 0 Å². The quantitative estimate of drug-likeness (QED) is 0.841. The minimum absolute atomic E-state index is 0.390. The van der Waals surface area contributed by atoms with Crippen LogP contribution < -0.4 is 9.80 Å². The Morgan fingerprint density at radius 1 is 1.20 bits per heavy atom. The molecule has 0 radical (unpaired) electrons. The zero-order valence-corrected chi connectivity index (χ0v) is 12.9. The highest BCUT2D eigenvalue weighted by atomic mass is 16.5. The van der Waals surface area contributed by atoms with Gasteiger partial charge in [0, 0.05) is 38.4 Å². The van der Waals surface area contributed by atoms with Crippen molar-refractivity contribution in [1.29, 1.82) is 0 Å². The van der Waals surface area contributed by atoms with Gasteiger partial charge in [-0.25, -0.2) is 4.98 Å². The Kier molecular flexibility index (Phi) is 3.54. The summed E-state index contributed by atoms with van der Waals surface area (Å²) in [6.45, 7) is 6.88. The Morgan fingerprint density at radius 3 is 2.60 bits per heavy atom. The minimum atomic E-state index is 0.390. The Labute approximate surface area is 121 Å². The van der Waals surface area contributed by atoms with E-state index in [0.717, 1.165) is 43.1 Å². The van der Waals surface area contributed by atoms with Gasteiger partial charge < -0.3 is 14.5 Å². The maximum Gasteiger partial charge on any atom is 0.227 e. The fourth-order valence-corrected chi connectivity index (χ4v) is 2.73. The van der Waals surface area contributed by atoms with E-state index in [4.69, 9.17) is 9.72 Å². The van der Waals surface area contributed by atoms with E-state index in [9.17, 15) is 0 Å². The molecule has 20 heavy (non-hydrogen) atoms. The van der Waals surface area contributed by atoms with Crippen LogP contribution in [-0.4, -0.2) is 49.9 Å². The Bertz CT molecular complexity index is 499. The predicted molar refractivity (Wildman–Crippen MR) is 80.5 cm³/mol. The molecule has 5 heteroatoms. The third kappa shape index (κ3) is 2.59. The molecule has 1 aliphatic heterocycles. The van der Waals surface area contributed by atoms with Crippen LogP contribution in [0, 0.1) is 19.8 Å². The lowest BCUT2D eigenvalue weighted by atomic mass is 10.1. The summed E-state index contributed by atoms with van der Waals surface area (Å²) in [4.78, 5) is 13.7. The maximum absolute atomic E-state index is 5.91. The third-order valence-corrected chi connectivity index (χ3v) is 4.29. The average molecular weight is 276 g/mol. The molecule has 2 aliphatic rings. The molecule has 1 aromatic heterocycles. The summed E-state index contributed by atoms with van der Waals surface area (Å²) >= 11 is 0. The van der Waals surface area contributed by atoms with Gasteiger partial charge in [0.2, 0.25) is 5.95 Å². The van der Waals surface area contributed by atoms with Crippen LogP contribution in [0.1, 0.15) is 24.1 Å². The first-order chi connectivity index (χ1) is 9.56. The van der Waals surface area contributed by atoms with Crippen LogP contribution in [0.25, 0.3) is 0 Å². The van der Waals surface area contributed by atoms with Crippen molar-refractivity contribution in [3.63, 3.8) is 0 Å². The monoisotopic (exact) mass is 276 g/mol. The van der Waals surface area contributed by atoms with Gasteiger partial charge in [0.25, 0.3) is 0 Å². The number of ether oxygens (including phenoxy) is 1. The van der Waals surface area contributed by atoms with Crippen molar-refractivity contribution in [3.8, 4) is 0 Å². The second-order valence-electron chi connectivity index (χ2n) is 6.14. The first-order valence-electron chi connectivity index (χ1n) is 7.45. The summed E-state index contributed by atoms with van der Waals surface area (Å²) in [5.41, 5.74) is 2.25. The van der Waals surface area contributed by atoms with Crippen LogP contribution in [0.5, 0.6) is 0 Å². The van der Waals surface area contributed by atoms with E-state index in [0.29, 0.717) is 6.10 Å². The summed E-state index contributed by atoms with van der Waals surface area (Å²) in [6, 6.07) is 0. The lowest BCUT2D eigenvalue weighted by molar-refractivity contribution is 0.0261. The number of rotatable bonds is 3. The molecule has 1 aliphatic carbocycles. The molecule has 0 bridgehead atoms. The van der Waals surface area contributed by atoms with E-state index in [2.05, 4.69) is 23.7 Å². The Balaban J connectivity index is 1.87. The summed E-state index contributed by atoms with van der Waals surface area (Å²) in [6.07, 6.45) is 3.04. The fourth-order valence-electron chi connectivity index (χ4n) is 2.73. The molecule has 2 fully saturated rings. The standard InChI is InChI=1S/C15H24N4O/c1-10-11(2)16-15(18(3)4)17-14(10)19-7-8-20-13(9-19)12-5-6-12/h12-13H,5-9H2,1-4H3. The number of aromatic nitrogens is 2. The second kappa shape index (κ2) is 5.20. The Morgan fingerprint density at radius 2 is 1.95 bits per heavy atom. The van der Waals surface area contributed by atoms with Gasteiger partial charge in [-0.2, -0.15) is 4.98 Å². The molecule has 0 amide bonds. The molecular weight excluding hydrogens is 252 g/mol. The predicted octanol–water partition coefficient (Wildman–Crippen LogP) is 1.77. The summed E-state index contributed by atoms with van der Waals surface area (Å²) < 4.78 is 5.91. The normalized spacial score (nSPS) is 23.0. The van der Waals surface area contributed by atoms with Gasteiger partial charge in [0.05, 0.1) is 12.7 Å². The van der Waals surface area contributed by atoms with Gasteiger partial charge >= 0.3 is 0 Å². The van der Waals surface area contributed by atoms with Gasteiger partial charge in [-0.15, -0.1) is 0 Å². The SMILES string of the molecule is Cc1nc(N(C)C)nc(N2CCOC(C3CC3)C2)c1C. The molecule has 2 heterocycles. The minimum Gasteiger partial charge on any atom is -0.374 e. The molecular formula is C15H24N4O. The molecule has 1 unspecified atom stereocenters. The number of anilines is 2. The van der Waals surface area contributed by atoms with E-state index in [1.807, 2.05) is 19.0 Å². The average Bonchev–Trinajstić information content (AvgIpc) is 3.26. The molecule has 1 saturated carbocycles. The molecule has 0 spiro atoms. The molecule has 5 nitrogen and oxygen atoms in total. The van der Waals surface area contributed by atoms with Crippen LogP contribution in [-0.2, 0) is 4.74 Å². The molecule has 0 N–H and O–H groups in total. The van der Waals surface area contributed by atoms with Gasteiger partial charge in [-0.3, -0.25) is 0 Å². The first kappa shape index (κ1) is 13.6. The summed E-state index contributed by atoms with van der Waals surface area (Å²) in [5.74, 6) is 2.64. The van der Waals surface area contributed by atoms with Crippen molar-refractivity contribution >= 4 is 11.8 Å². The number of nitrogens with zero attached hydrogens (tertiary/aromatic N) is 4. The highest BCUT2D eigenvalue weighted by molar-refractivity contribution is 5.52. The topological polar surface area (TPSA) is 41.5 Å². The summed E-state index contributed by atoms with van der Waals surface area (Å²) in [7, 11) is 3.97. The number of morpholine rings is 1. The van der Waals surface area contributed by atoms with Crippen molar-refractivity contribution in [2.75, 3.05) is 43.6 Å². The van der Waals surface area contributed by atoms with Crippen molar-refractivity contribution < 1.29 is 4.74 Å². The van der Waals surface area contributed by atoms with E-state index in [-0.39, 0.29) is 0 Å². The molecule has 1 atom stereocenters. The highest BCUT2D eigenvalue weighted by Crippen LogP contribution is 2.36. The van der Waals surface area contributed by atoms with E-state index in [1.165, 1.54) is 18.4 Å². The van der Waals surface area contributed by atoms with Gasteiger partial charge in [-0.1, -0.05) is 0 Å². The van der Waals surface area contributed by atoms with E-state index in [1.54, 1.807) is 0 Å². The van der Waals surface area contributed by atoms with E-state index >= 15 is 0 Å². The summed E-state index contributed by atoms with van der Waals surface area (Å²) in [5, 5.41) is 0. The van der Waals surface area contributed by atoms with Gasteiger partial charge in [-0.05, 0) is 32.6 Å². The third-order valence-electron chi connectivity index (χ3n) is 4.29. The zero-order chi connectivity index (χ0) is 14.3. The molecule has 1 saturated heterocycles. The van der Waals surface area contributed by atoms with Crippen LogP contribution in [0.4, 0.5) is 11.8 Å². The van der Waals surface area contributed by atoms with Crippen molar-refractivity contribution in [2.24, 2.45) is 5.92 Å². The smallest absolute Gasteiger partial charge is 0.227 e. The fraction of sp³-hybridized carbons (Fsp3) is 0.733. The van der Waals surface area contributed by atoms with E-state index < -0.39 is 0 Å². The van der Waals surface area contributed by atoms with Crippen LogP contribution >= 0.6 is 0 Å². The largest absolute Gasteiger partial charge is 0.374 e. The van der Waals surface area contributed by atoms with Crippen molar-refractivity contribution in [2.45, 2.75) is 32.8 Å². The first-order valence-corrected chi connectivity index (χ1v) is 7.45. The number of aryl methyl sites for hydroxylation is 1. The van der Waals surface area contributed by atoms with Crippen LogP contribution in [0.15, 0.2) is 0 Å². The second-order valence-corrected chi connectivity index (χ2v) is 6.14. The van der Waals surface area contributed by atoms with Crippen molar-refractivity contribution in [1.82, 2.24) is 9.97 Å².